The first-order valence-electron chi connectivity index (χ1n) is 4.93. The number of hydrogen-bond donors (Lipinski definition) is 2. The highest BCUT2D eigenvalue weighted by molar-refractivity contribution is 7.89. The average molecular weight is 301 g/mol. The molecule has 0 atom stereocenters. The second-order valence-electron chi connectivity index (χ2n) is 3.46. The summed E-state index contributed by atoms with van der Waals surface area (Å²) in [7, 11) is -4.60. The van der Waals surface area contributed by atoms with Gasteiger partial charge in [0.1, 0.15) is 12.1 Å². The molecule has 108 valence electrons. The summed E-state index contributed by atoms with van der Waals surface area (Å²) in [5.41, 5.74) is -0.708. The van der Waals surface area contributed by atoms with Crippen molar-refractivity contribution in [2.45, 2.75) is 18.1 Å². The molecule has 0 aromatic carbocycles. The number of H-pyrrole nitrogens is 1. The molecule has 2 N–H and O–H groups in total. The highest BCUT2D eigenvalue weighted by Gasteiger charge is 2.38. The first-order chi connectivity index (χ1) is 8.59. The number of aromatic carboxylic acids is 1. The van der Waals surface area contributed by atoms with Gasteiger partial charge in [0.05, 0.1) is 6.20 Å². The fourth-order valence-electron chi connectivity index (χ4n) is 1.32. The minimum absolute atomic E-state index is 0.118. The lowest BCUT2D eigenvalue weighted by Gasteiger charge is -2.21. The van der Waals surface area contributed by atoms with Crippen LogP contribution < -0.4 is 0 Å². The molecule has 0 radical (unpaired) electrons. The molecule has 0 amide bonds. The number of carbonyl (C=O) groups is 1. The van der Waals surface area contributed by atoms with Gasteiger partial charge in [0.25, 0.3) is 10.0 Å². The van der Waals surface area contributed by atoms with Gasteiger partial charge >= 0.3 is 12.1 Å². The second kappa shape index (κ2) is 5.17. The standard InChI is InChI=1S/C8H10F3N3O4S/c1-2-14(4-8(9,10)11)19(17,18)6-5(7(15)16)3-12-13-6/h3H,2,4H2,1H3,(H,12,13)(H,15,16). The molecule has 0 aliphatic rings. The van der Waals surface area contributed by atoms with Crippen LogP contribution >= 0.6 is 0 Å². The molecule has 0 spiro atoms. The lowest BCUT2D eigenvalue weighted by atomic mass is 10.4. The zero-order valence-corrected chi connectivity index (χ0v) is 10.4. The lowest BCUT2D eigenvalue weighted by Crippen LogP contribution is -2.39. The average Bonchev–Trinajstić information content (AvgIpc) is 2.73. The number of rotatable bonds is 5. The Bertz CT molecular complexity index is 566. The molecule has 1 rings (SSSR count). The molecule has 1 aromatic heterocycles. The van der Waals surface area contributed by atoms with E-state index in [1.807, 2.05) is 5.10 Å². The Labute approximate surface area is 106 Å². The fraction of sp³-hybridized carbons (Fsp3) is 0.500. The van der Waals surface area contributed by atoms with Crippen LogP contribution in [0.2, 0.25) is 0 Å². The zero-order chi connectivity index (χ0) is 14.8. The largest absolute Gasteiger partial charge is 0.478 e. The van der Waals surface area contributed by atoms with Crippen molar-refractivity contribution in [2.24, 2.45) is 0 Å². The number of carboxylic acids is 1. The third kappa shape index (κ3) is 3.44. The van der Waals surface area contributed by atoms with Crippen molar-refractivity contribution in [3.63, 3.8) is 0 Å². The molecule has 0 saturated carbocycles. The second-order valence-corrected chi connectivity index (χ2v) is 5.34. The van der Waals surface area contributed by atoms with Crippen molar-refractivity contribution in [1.29, 1.82) is 0 Å². The monoisotopic (exact) mass is 301 g/mol. The Kier molecular flexibility index (Phi) is 4.20. The summed E-state index contributed by atoms with van der Waals surface area (Å²) < 4.78 is 60.8. The van der Waals surface area contributed by atoms with Crippen molar-refractivity contribution in [1.82, 2.24) is 14.5 Å². The molecule has 1 heterocycles. The predicted molar refractivity (Wildman–Crippen MR) is 56.0 cm³/mol. The maximum absolute atomic E-state index is 12.3. The molecule has 0 aliphatic carbocycles. The van der Waals surface area contributed by atoms with Gasteiger partial charge in [0, 0.05) is 6.54 Å². The fourth-order valence-corrected chi connectivity index (χ4v) is 2.82. The topological polar surface area (TPSA) is 103 Å². The Morgan fingerprint density at radius 2 is 2.11 bits per heavy atom. The lowest BCUT2D eigenvalue weighted by molar-refractivity contribution is -0.135. The van der Waals surface area contributed by atoms with Gasteiger partial charge in [0.15, 0.2) is 5.03 Å². The molecule has 7 nitrogen and oxygen atoms in total. The summed E-state index contributed by atoms with van der Waals surface area (Å²) in [4.78, 5) is 10.8. The van der Waals surface area contributed by atoms with Gasteiger partial charge < -0.3 is 5.11 Å². The van der Waals surface area contributed by atoms with Crippen LogP contribution in [-0.2, 0) is 10.0 Å². The Hall–Kier alpha value is -1.62. The summed E-state index contributed by atoms with van der Waals surface area (Å²) >= 11 is 0. The molecule has 19 heavy (non-hydrogen) atoms. The van der Waals surface area contributed by atoms with E-state index in [2.05, 4.69) is 5.10 Å². The van der Waals surface area contributed by atoms with E-state index in [0.29, 0.717) is 0 Å². The molecule has 1 aromatic rings. The van der Waals surface area contributed by atoms with Crippen LogP contribution in [0.25, 0.3) is 0 Å². The summed E-state index contributed by atoms with van der Waals surface area (Å²) in [6.07, 6.45) is -4.01. The van der Waals surface area contributed by atoms with Crippen LogP contribution in [0.4, 0.5) is 13.2 Å². The van der Waals surface area contributed by atoms with Crippen LogP contribution in [0.3, 0.4) is 0 Å². The molecule has 11 heteroatoms. The first-order valence-corrected chi connectivity index (χ1v) is 6.37. The van der Waals surface area contributed by atoms with Crippen molar-refractivity contribution in [3.8, 4) is 0 Å². The molecule has 0 unspecified atom stereocenters. The van der Waals surface area contributed by atoms with Crippen molar-refractivity contribution < 1.29 is 31.5 Å². The third-order valence-electron chi connectivity index (χ3n) is 2.14. The Balaban J connectivity index is 3.21. The van der Waals surface area contributed by atoms with Gasteiger partial charge in [-0.05, 0) is 0 Å². The number of aromatic nitrogens is 2. The van der Waals surface area contributed by atoms with E-state index in [1.54, 1.807) is 0 Å². The molecule has 0 aliphatic heterocycles. The van der Waals surface area contributed by atoms with Crippen molar-refractivity contribution in [2.75, 3.05) is 13.1 Å². The van der Waals surface area contributed by atoms with E-state index in [-0.39, 0.29) is 4.31 Å². The van der Waals surface area contributed by atoms with Crippen LogP contribution in [0, 0.1) is 0 Å². The van der Waals surface area contributed by atoms with Crippen LogP contribution in [0.15, 0.2) is 11.2 Å². The van der Waals surface area contributed by atoms with Crippen molar-refractivity contribution >= 4 is 16.0 Å². The molecule has 0 fully saturated rings. The van der Waals surface area contributed by atoms with E-state index >= 15 is 0 Å². The molecule has 0 bridgehead atoms. The van der Waals surface area contributed by atoms with E-state index in [4.69, 9.17) is 5.11 Å². The van der Waals surface area contributed by atoms with Crippen molar-refractivity contribution in [3.05, 3.63) is 11.8 Å². The minimum Gasteiger partial charge on any atom is -0.478 e. The van der Waals surface area contributed by atoms with Gasteiger partial charge in [-0.2, -0.15) is 22.6 Å². The SMILES string of the molecule is CCN(CC(F)(F)F)S(=O)(=O)c1[nH]ncc1C(=O)O. The van der Waals surface area contributed by atoms with E-state index in [0.717, 1.165) is 6.20 Å². The quantitative estimate of drug-likeness (QED) is 0.832. The van der Waals surface area contributed by atoms with Crippen LogP contribution in [-0.4, -0.2) is 53.3 Å². The highest BCUT2D eigenvalue weighted by Crippen LogP contribution is 2.23. The molecule has 0 saturated heterocycles. The summed E-state index contributed by atoms with van der Waals surface area (Å²) in [6, 6.07) is 0. The number of carboxylic acid groups (broad SMARTS) is 1. The third-order valence-corrected chi connectivity index (χ3v) is 4.04. The summed E-state index contributed by atoms with van der Waals surface area (Å²) in [5, 5.41) is 13.0. The maximum Gasteiger partial charge on any atom is 0.402 e. The van der Waals surface area contributed by atoms with Crippen LogP contribution in [0.5, 0.6) is 0 Å². The number of hydrogen-bond acceptors (Lipinski definition) is 4. The van der Waals surface area contributed by atoms with Gasteiger partial charge in [-0.3, -0.25) is 5.10 Å². The zero-order valence-electron chi connectivity index (χ0n) is 9.60. The van der Waals surface area contributed by atoms with Gasteiger partial charge in [-0.15, -0.1) is 0 Å². The minimum atomic E-state index is -4.73. The van der Waals surface area contributed by atoms with E-state index < -0.39 is 45.8 Å². The number of nitrogens with zero attached hydrogens (tertiary/aromatic N) is 2. The number of halogens is 3. The molecular weight excluding hydrogens is 291 g/mol. The maximum atomic E-state index is 12.3. The number of sulfonamides is 1. The molecular formula is C8H10F3N3O4S. The van der Waals surface area contributed by atoms with Gasteiger partial charge in [-0.25, -0.2) is 13.2 Å². The first kappa shape index (κ1) is 15.4. The van der Waals surface area contributed by atoms with Gasteiger partial charge in [-0.1, -0.05) is 6.92 Å². The Morgan fingerprint density at radius 3 is 2.53 bits per heavy atom. The summed E-state index contributed by atoms with van der Waals surface area (Å²) in [6.45, 7) is -0.954. The Morgan fingerprint density at radius 1 is 1.53 bits per heavy atom. The number of alkyl halides is 3. The van der Waals surface area contributed by atoms with E-state index in [9.17, 15) is 26.4 Å². The summed E-state index contributed by atoms with van der Waals surface area (Å²) in [5.74, 6) is -1.60. The number of aromatic amines is 1. The van der Waals surface area contributed by atoms with Gasteiger partial charge in [0.2, 0.25) is 0 Å². The predicted octanol–water partition coefficient (Wildman–Crippen LogP) is 0.681. The normalized spacial score (nSPS) is 12.9. The number of nitrogens with one attached hydrogen (secondary N) is 1. The van der Waals surface area contributed by atoms with Crippen LogP contribution in [0.1, 0.15) is 17.3 Å². The van der Waals surface area contributed by atoms with E-state index in [1.165, 1.54) is 6.92 Å². The highest BCUT2D eigenvalue weighted by atomic mass is 32.2. The smallest absolute Gasteiger partial charge is 0.402 e.